The molecule has 2 aromatic carbocycles. The summed E-state index contributed by atoms with van der Waals surface area (Å²) in [7, 11) is 1.60. The molecular weight excluding hydrogens is 387 g/mol. The fourth-order valence-electron chi connectivity index (χ4n) is 3.47. The van der Waals surface area contributed by atoms with Crippen molar-refractivity contribution in [1.29, 1.82) is 0 Å². The summed E-state index contributed by atoms with van der Waals surface area (Å²) in [6.07, 6.45) is 0.713. The largest absolute Gasteiger partial charge is 0.497 e. The summed E-state index contributed by atoms with van der Waals surface area (Å²) in [6, 6.07) is 13.9. The lowest BCUT2D eigenvalue weighted by atomic mass is 10.2. The van der Waals surface area contributed by atoms with Crippen LogP contribution < -0.4 is 9.64 Å². The Bertz CT molecular complexity index is 998. The SMILES string of the molecule is COc1cccc(-c2noc(CCC(=O)N3CCN(c4ccc(F)cc4)CC3)n2)c1. The van der Waals surface area contributed by atoms with Crippen LogP contribution in [-0.4, -0.2) is 54.2 Å². The van der Waals surface area contributed by atoms with E-state index in [0.717, 1.165) is 24.3 Å². The highest BCUT2D eigenvalue weighted by molar-refractivity contribution is 5.76. The van der Waals surface area contributed by atoms with Crippen LogP contribution >= 0.6 is 0 Å². The molecule has 30 heavy (non-hydrogen) atoms. The van der Waals surface area contributed by atoms with Gasteiger partial charge in [-0.2, -0.15) is 4.98 Å². The smallest absolute Gasteiger partial charge is 0.227 e. The molecule has 8 heteroatoms. The molecule has 0 aliphatic carbocycles. The van der Waals surface area contributed by atoms with Crippen LogP contribution in [0.5, 0.6) is 5.75 Å². The normalized spacial score (nSPS) is 14.1. The molecule has 0 bridgehead atoms. The quantitative estimate of drug-likeness (QED) is 0.622. The van der Waals surface area contributed by atoms with Crippen LogP contribution in [0.1, 0.15) is 12.3 Å². The number of halogens is 1. The van der Waals surface area contributed by atoms with Crippen LogP contribution in [0, 0.1) is 5.82 Å². The summed E-state index contributed by atoms with van der Waals surface area (Å²) in [5, 5.41) is 4.00. The molecule has 156 valence electrons. The fourth-order valence-corrected chi connectivity index (χ4v) is 3.47. The van der Waals surface area contributed by atoms with Crippen LogP contribution in [-0.2, 0) is 11.2 Å². The summed E-state index contributed by atoms with van der Waals surface area (Å²) < 4.78 is 23.6. The van der Waals surface area contributed by atoms with E-state index in [2.05, 4.69) is 15.0 Å². The second-order valence-electron chi connectivity index (χ2n) is 7.09. The predicted molar refractivity (Wildman–Crippen MR) is 110 cm³/mol. The molecule has 0 saturated carbocycles. The first-order valence-electron chi connectivity index (χ1n) is 9.87. The number of ether oxygens (including phenoxy) is 1. The molecule has 0 unspecified atom stereocenters. The maximum absolute atomic E-state index is 13.1. The zero-order valence-electron chi connectivity index (χ0n) is 16.8. The number of piperazine rings is 1. The van der Waals surface area contributed by atoms with Gasteiger partial charge in [0.15, 0.2) is 0 Å². The van der Waals surface area contributed by atoms with Crippen LogP contribution in [0.3, 0.4) is 0 Å². The summed E-state index contributed by atoms with van der Waals surface area (Å²) in [5.41, 5.74) is 1.77. The van der Waals surface area contributed by atoms with Crippen molar-refractivity contribution in [3.05, 3.63) is 60.2 Å². The van der Waals surface area contributed by atoms with Gasteiger partial charge in [0.2, 0.25) is 17.6 Å². The maximum atomic E-state index is 13.1. The van der Waals surface area contributed by atoms with Crippen molar-refractivity contribution >= 4 is 11.6 Å². The zero-order valence-corrected chi connectivity index (χ0v) is 16.8. The molecule has 1 aliphatic rings. The van der Waals surface area contributed by atoms with E-state index in [0.29, 0.717) is 43.4 Å². The van der Waals surface area contributed by atoms with Gasteiger partial charge in [-0.3, -0.25) is 4.79 Å². The average molecular weight is 410 g/mol. The van der Waals surface area contributed by atoms with Crippen LogP contribution in [0.4, 0.5) is 10.1 Å². The number of carbonyl (C=O) groups excluding carboxylic acids is 1. The zero-order chi connectivity index (χ0) is 20.9. The van der Waals surface area contributed by atoms with Gasteiger partial charge in [0.1, 0.15) is 11.6 Å². The molecule has 0 N–H and O–H groups in total. The third-order valence-electron chi connectivity index (χ3n) is 5.17. The Kier molecular flexibility index (Phi) is 5.92. The number of amides is 1. The minimum absolute atomic E-state index is 0.0647. The molecule has 1 fully saturated rings. The Morgan fingerprint density at radius 1 is 1.13 bits per heavy atom. The molecular formula is C22H23FN4O3. The van der Waals surface area contributed by atoms with Gasteiger partial charge in [0, 0.05) is 50.3 Å². The lowest BCUT2D eigenvalue weighted by Crippen LogP contribution is -2.48. The molecule has 0 radical (unpaired) electrons. The van der Waals surface area contributed by atoms with Crippen molar-refractivity contribution in [3.63, 3.8) is 0 Å². The number of aryl methyl sites for hydroxylation is 1. The average Bonchev–Trinajstić information content (AvgIpc) is 3.27. The van der Waals surface area contributed by atoms with Gasteiger partial charge < -0.3 is 19.1 Å². The number of methoxy groups -OCH3 is 1. The van der Waals surface area contributed by atoms with Crippen molar-refractivity contribution in [2.45, 2.75) is 12.8 Å². The lowest BCUT2D eigenvalue weighted by molar-refractivity contribution is -0.131. The van der Waals surface area contributed by atoms with Crippen molar-refractivity contribution in [1.82, 2.24) is 15.0 Å². The molecule has 1 saturated heterocycles. The van der Waals surface area contributed by atoms with Gasteiger partial charge in [-0.05, 0) is 36.4 Å². The Balaban J connectivity index is 1.28. The number of aromatic nitrogens is 2. The Morgan fingerprint density at radius 3 is 2.63 bits per heavy atom. The van der Waals surface area contributed by atoms with E-state index in [4.69, 9.17) is 9.26 Å². The van der Waals surface area contributed by atoms with E-state index in [1.54, 1.807) is 19.2 Å². The van der Waals surface area contributed by atoms with Gasteiger partial charge in [0.05, 0.1) is 7.11 Å². The summed E-state index contributed by atoms with van der Waals surface area (Å²) in [5.74, 6) is 1.45. The first kappa shape index (κ1) is 19.9. The van der Waals surface area contributed by atoms with E-state index >= 15 is 0 Å². The number of hydrogen-bond donors (Lipinski definition) is 0. The molecule has 7 nitrogen and oxygen atoms in total. The Hall–Kier alpha value is -3.42. The molecule has 0 spiro atoms. The number of benzene rings is 2. The number of carbonyl (C=O) groups is 1. The van der Waals surface area contributed by atoms with Crippen molar-refractivity contribution < 1.29 is 18.4 Å². The van der Waals surface area contributed by atoms with Crippen LogP contribution in [0.25, 0.3) is 11.4 Å². The van der Waals surface area contributed by atoms with E-state index < -0.39 is 0 Å². The van der Waals surface area contributed by atoms with Gasteiger partial charge in [-0.25, -0.2) is 4.39 Å². The van der Waals surface area contributed by atoms with Crippen molar-refractivity contribution in [2.24, 2.45) is 0 Å². The van der Waals surface area contributed by atoms with Crippen LogP contribution in [0.2, 0.25) is 0 Å². The van der Waals surface area contributed by atoms with Gasteiger partial charge in [-0.15, -0.1) is 0 Å². The molecule has 1 aliphatic heterocycles. The van der Waals surface area contributed by atoms with Gasteiger partial charge in [0.25, 0.3) is 0 Å². The number of nitrogens with zero attached hydrogens (tertiary/aromatic N) is 4. The summed E-state index contributed by atoms with van der Waals surface area (Å²) >= 11 is 0. The Morgan fingerprint density at radius 2 is 1.90 bits per heavy atom. The maximum Gasteiger partial charge on any atom is 0.227 e. The lowest BCUT2D eigenvalue weighted by Gasteiger charge is -2.36. The van der Waals surface area contributed by atoms with Gasteiger partial charge >= 0.3 is 0 Å². The second-order valence-corrected chi connectivity index (χ2v) is 7.09. The summed E-state index contributed by atoms with van der Waals surface area (Å²) in [6.45, 7) is 2.71. The first-order chi connectivity index (χ1) is 14.6. The highest BCUT2D eigenvalue weighted by Gasteiger charge is 2.22. The molecule has 1 aromatic heterocycles. The molecule has 2 heterocycles. The molecule has 3 aromatic rings. The third kappa shape index (κ3) is 4.59. The summed E-state index contributed by atoms with van der Waals surface area (Å²) in [4.78, 5) is 21.0. The topological polar surface area (TPSA) is 71.7 Å². The van der Waals surface area contributed by atoms with Crippen LogP contribution in [0.15, 0.2) is 53.1 Å². The second kappa shape index (κ2) is 8.94. The first-order valence-corrected chi connectivity index (χ1v) is 9.87. The third-order valence-corrected chi connectivity index (χ3v) is 5.17. The van der Waals surface area contributed by atoms with E-state index in [-0.39, 0.29) is 11.7 Å². The fraction of sp³-hybridized carbons (Fsp3) is 0.318. The van der Waals surface area contributed by atoms with E-state index in [9.17, 15) is 9.18 Å². The van der Waals surface area contributed by atoms with Crippen molar-refractivity contribution in [3.8, 4) is 17.1 Å². The van der Waals surface area contributed by atoms with Crippen molar-refractivity contribution in [2.75, 3.05) is 38.2 Å². The molecule has 4 rings (SSSR count). The molecule has 0 atom stereocenters. The predicted octanol–water partition coefficient (Wildman–Crippen LogP) is 3.17. The number of anilines is 1. The highest BCUT2D eigenvalue weighted by Crippen LogP contribution is 2.22. The minimum atomic E-state index is -0.247. The Labute approximate surface area is 174 Å². The minimum Gasteiger partial charge on any atom is -0.497 e. The molecule has 1 amide bonds. The standard InChI is InChI=1S/C22H23FN4O3/c1-29-19-4-2-3-16(15-19)22-24-20(30-25-22)9-10-21(28)27-13-11-26(12-14-27)18-7-5-17(23)6-8-18/h2-8,15H,9-14H2,1H3. The number of rotatable bonds is 6. The monoisotopic (exact) mass is 410 g/mol. The van der Waals surface area contributed by atoms with E-state index in [1.165, 1.54) is 12.1 Å². The highest BCUT2D eigenvalue weighted by atomic mass is 19.1. The van der Waals surface area contributed by atoms with Gasteiger partial charge in [-0.1, -0.05) is 17.3 Å². The van der Waals surface area contributed by atoms with E-state index in [1.807, 2.05) is 29.2 Å². The number of hydrogen-bond acceptors (Lipinski definition) is 6.